The maximum atomic E-state index is 13.1. The van der Waals surface area contributed by atoms with Gasteiger partial charge in [0.1, 0.15) is 16.8 Å². The van der Waals surface area contributed by atoms with Crippen molar-refractivity contribution in [3.8, 4) is 0 Å². The Bertz CT molecular complexity index is 1620. The molecule has 2 N–H and O–H groups in total. The van der Waals surface area contributed by atoms with Gasteiger partial charge in [0, 0.05) is 52.8 Å². The number of para-hydroxylation sites is 2. The van der Waals surface area contributed by atoms with Gasteiger partial charge in [-0.25, -0.2) is 4.98 Å². The first-order valence-electron chi connectivity index (χ1n) is 10.7. The molecule has 5 aromatic rings. The number of benzene rings is 2. The van der Waals surface area contributed by atoms with Crippen molar-refractivity contribution in [2.24, 2.45) is 0 Å². The van der Waals surface area contributed by atoms with Crippen LogP contribution in [0.1, 0.15) is 17.5 Å². The fourth-order valence-electron chi connectivity index (χ4n) is 4.65. The quantitative estimate of drug-likeness (QED) is 0.407. The average Bonchev–Trinajstić information content (AvgIpc) is 3.48. The first kappa shape index (κ1) is 19.5. The Morgan fingerprint density at radius 3 is 2.48 bits per heavy atom. The number of aryl methyl sites for hydroxylation is 1. The fourth-order valence-corrected chi connectivity index (χ4v) is 4.65. The smallest absolute Gasteiger partial charge is 0.259 e. The summed E-state index contributed by atoms with van der Waals surface area (Å²) in [5, 5.41) is 14.4. The zero-order valence-electron chi connectivity index (χ0n) is 17.5. The lowest BCUT2D eigenvalue weighted by Gasteiger charge is -2.05. The summed E-state index contributed by atoms with van der Waals surface area (Å²) in [5.41, 5.74) is 3.77. The van der Waals surface area contributed by atoms with Crippen LogP contribution in [-0.4, -0.2) is 33.1 Å². The third kappa shape index (κ3) is 2.90. The van der Waals surface area contributed by atoms with Crippen LogP contribution in [0, 0.1) is 0 Å². The highest BCUT2D eigenvalue weighted by molar-refractivity contribution is 6.50. The summed E-state index contributed by atoms with van der Waals surface area (Å²) in [5.74, 6) is -0.906. The molecule has 2 aromatic carbocycles. The van der Waals surface area contributed by atoms with Crippen molar-refractivity contribution in [1.82, 2.24) is 14.9 Å². The predicted molar refractivity (Wildman–Crippen MR) is 125 cm³/mol. The van der Waals surface area contributed by atoms with Crippen molar-refractivity contribution >= 4 is 55.9 Å². The zero-order valence-corrected chi connectivity index (χ0v) is 17.5. The van der Waals surface area contributed by atoms with Crippen LogP contribution in [0.3, 0.4) is 0 Å². The van der Waals surface area contributed by atoms with Crippen molar-refractivity contribution in [3.63, 3.8) is 0 Å². The van der Waals surface area contributed by atoms with Crippen LogP contribution < -0.4 is 5.32 Å². The molecule has 3 aromatic heterocycles. The lowest BCUT2D eigenvalue weighted by molar-refractivity contribution is -0.122. The summed E-state index contributed by atoms with van der Waals surface area (Å²) in [7, 11) is 0. The van der Waals surface area contributed by atoms with Gasteiger partial charge in [0.15, 0.2) is 0 Å². The van der Waals surface area contributed by atoms with Crippen LogP contribution in [0.4, 0.5) is 0 Å². The number of nitrogens with zero attached hydrogens (tertiary/aromatic N) is 2. The number of nitrogens with one attached hydrogen (secondary N) is 1. The highest BCUT2D eigenvalue weighted by Crippen LogP contribution is 2.40. The molecule has 0 saturated carbocycles. The molecule has 2 amide bonds. The maximum absolute atomic E-state index is 13.1. The average molecular weight is 437 g/mol. The zero-order chi connectivity index (χ0) is 22.5. The number of pyridine rings is 1. The second-order valence-corrected chi connectivity index (χ2v) is 8.00. The molecule has 1 aliphatic heterocycles. The van der Waals surface area contributed by atoms with E-state index in [0.717, 1.165) is 21.7 Å². The van der Waals surface area contributed by atoms with Crippen LogP contribution >= 0.6 is 0 Å². The van der Waals surface area contributed by atoms with Gasteiger partial charge in [-0.2, -0.15) is 0 Å². The fraction of sp³-hybridized carbons (Fsp3) is 0.115. The van der Waals surface area contributed by atoms with E-state index in [1.165, 1.54) is 0 Å². The van der Waals surface area contributed by atoms with Crippen LogP contribution in [0.5, 0.6) is 0 Å². The molecule has 6 rings (SSSR count). The van der Waals surface area contributed by atoms with E-state index in [2.05, 4.69) is 10.3 Å². The molecule has 0 aliphatic carbocycles. The molecule has 0 spiro atoms. The molecular weight excluding hydrogens is 418 g/mol. The number of aliphatic hydroxyl groups is 1. The Morgan fingerprint density at radius 2 is 1.64 bits per heavy atom. The van der Waals surface area contributed by atoms with Crippen LogP contribution in [0.2, 0.25) is 0 Å². The van der Waals surface area contributed by atoms with E-state index in [-0.39, 0.29) is 12.2 Å². The Labute approximate surface area is 187 Å². The van der Waals surface area contributed by atoms with E-state index >= 15 is 0 Å². The van der Waals surface area contributed by atoms with Crippen molar-refractivity contribution in [1.29, 1.82) is 0 Å². The largest absolute Gasteiger partial charge is 0.455 e. The van der Waals surface area contributed by atoms with Gasteiger partial charge in [-0.15, -0.1) is 0 Å². The Balaban J connectivity index is 1.65. The second-order valence-electron chi connectivity index (χ2n) is 8.00. The molecular formula is C26H19N3O4. The molecule has 0 unspecified atom stereocenters. The van der Waals surface area contributed by atoms with E-state index in [1.54, 1.807) is 18.3 Å². The lowest BCUT2D eigenvalue weighted by atomic mass is 9.95. The van der Waals surface area contributed by atoms with Gasteiger partial charge in [-0.1, -0.05) is 36.4 Å². The molecule has 1 aliphatic rings. The second kappa shape index (κ2) is 7.43. The summed E-state index contributed by atoms with van der Waals surface area (Å²) in [6.07, 6.45) is 4.07. The third-order valence-corrected chi connectivity index (χ3v) is 6.07. The molecule has 162 valence electrons. The monoisotopic (exact) mass is 437 g/mol. The normalized spacial score (nSPS) is 14.2. The molecule has 4 heterocycles. The number of fused-ring (bicyclic) bond motifs is 4. The summed E-state index contributed by atoms with van der Waals surface area (Å²) in [6, 6.07) is 17.0. The molecule has 0 radical (unpaired) electrons. The van der Waals surface area contributed by atoms with Crippen LogP contribution in [0.25, 0.3) is 44.1 Å². The number of imide groups is 1. The molecule has 7 heteroatoms. The number of hydrogen-bond donors (Lipinski definition) is 2. The highest BCUT2D eigenvalue weighted by atomic mass is 16.3. The number of furan rings is 1. The van der Waals surface area contributed by atoms with Crippen molar-refractivity contribution < 1.29 is 19.1 Å². The van der Waals surface area contributed by atoms with Crippen LogP contribution in [0.15, 0.2) is 71.4 Å². The first-order chi connectivity index (χ1) is 16.2. The number of rotatable bonds is 5. The van der Waals surface area contributed by atoms with Crippen LogP contribution in [-0.2, 0) is 16.1 Å². The number of aliphatic hydroxyl groups excluding tert-OH is 1. The van der Waals surface area contributed by atoms with Gasteiger partial charge in [0.2, 0.25) is 0 Å². The van der Waals surface area contributed by atoms with Crippen molar-refractivity contribution in [2.75, 3.05) is 6.61 Å². The van der Waals surface area contributed by atoms with Gasteiger partial charge >= 0.3 is 0 Å². The molecule has 7 nitrogen and oxygen atoms in total. The van der Waals surface area contributed by atoms with Crippen molar-refractivity contribution in [3.05, 3.63) is 78.1 Å². The summed E-state index contributed by atoms with van der Waals surface area (Å²) in [6.45, 7) is 0.587. The van der Waals surface area contributed by atoms with Crippen molar-refractivity contribution in [2.45, 2.75) is 13.0 Å². The topological polar surface area (TPSA) is 97.4 Å². The van der Waals surface area contributed by atoms with E-state index in [1.807, 2.05) is 53.2 Å². The molecule has 0 atom stereocenters. The number of hydrogen-bond acceptors (Lipinski definition) is 5. The Morgan fingerprint density at radius 1 is 0.879 bits per heavy atom. The van der Waals surface area contributed by atoms with Gasteiger partial charge in [-0.3, -0.25) is 14.9 Å². The predicted octanol–water partition coefficient (Wildman–Crippen LogP) is 3.89. The number of carbonyl (C=O) groups excluding carboxylic acids is 2. The van der Waals surface area contributed by atoms with E-state index in [0.29, 0.717) is 40.9 Å². The van der Waals surface area contributed by atoms with Gasteiger partial charge in [-0.05, 0) is 24.6 Å². The Hall–Kier alpha value is -4.23. The summed E-state index contributed by atoms with van der Waals surface area (Å²) in [4.78, 5) is 30.6. The minimum Gasteiger partial charge on any atom is -0.455 e. The van der Waals surface area contributed by atoms with Gasteiger partial charge in [0.05, 0.1) is 11.1 Å². The first-order valence-corrected chi connectivity index (χ1v) is 10.7. The minimum atomic E-state index is -0.455. The highest BCUT2D eigenvalue weighted by Gasteiger charge is 2.35. The summed E-state index contributed by atoms with van der Waals surface area (Å²) < 4.78 is 8.04. The number of carbonyl (C=O) groups is 2. The number of aromatic nitrogens is 2. The molecule has 0 saturated heterocycles. The minimum absolute atomic E-state index is 0.0445. The molecule has 0 bridgehead atoms. The SMILES string of the molecule is O=C1NC(=O)C(c2cccc3c2oc2ccccc23)=C1c1cn(CCCO)c2ncccc12. The van der Waals surface area contributed by atoms with E-state index in [4.69, 9.17) is 4.42 Å². The van der Waals surface area contributed by atoms with E-state index < -0.39 is 11.8 Å². The van der Waals surface area contributed by atoms with Gasteiger partial charge in [0.25, 0.3) is 11.8 Å². The standard InChI is InChI=1S/C26H19N3O4/c30-13-5-12-29-14-19(17-9-4-11-27-24(17)29)22-21(25(31)28-26(22)32)18-8-3-7-16-15-6-1-2-10-20(15)33-23(16)18/h1-4,6-11,14,30H,5,12-13H2,(H,28,31,32). The maximum Gasteiger partial charge on any atom is 0.259 e. The Kier molecular flexibility index (Phi) is 4.38. The molecule has 0 fully saturated rings. The van der Waals surface area contributed by atoms with Gasteiger partial charge < -0.3 is 14.1 Å². The third-order valence-electron chi connectivity index (χ3n) is 6.07. The summed E-state index contributed by atoms with van der Waals surface area (Å²) >= 11 is 0. The lowest BCUT2D eigenvalue weighted by Crippen LogP contribution is -2.22. The molecule has 33 heavy (non-hydrogen) atoms. The van der Waals surface area contributed by atoms with E-state index in [9.17, 15) is 14.7 Å². The number of amides is 2.